The van der Waals surface area contributed by atoms with Crippen LogP contribution in [0.15, 0.2) is 18.2 Å². The lowest BCUT2D eigenvalue weighted by atomic mass is 9.64. The normalized spacial score (nSPS) is 16.4. The van der Waals surface area contributed by atoms with Gasteiger partial charge in [0.2, 0.25) is 0 Å². The number of para-hydroxylation sites is 1. The number of ether oxygens (including phenoxy) is 1. The van der Waals surface area contributed by atoms with Gasteiger partial charge in [-0.15, -0.1) is 0 Å². The first-order valence-corrected chi connectivity index (χ1v) is 9.15. The average molecular weight is 346 g/mol. The van der Waals surface area contributed by atoms with Crippen LogP contribution in [-0.2, 0) is 16.0 Å². The van der Waals surface area contributed by atoms with E-state index in [2.05, 4.69) is 13.8 Å². The molecule has 1 aromatic rings. The minimum Gasteiger partial charge on any atom is -0.535 e. The number of carbonyl (C=O) groups excluding carboxylic acids is 2. The molecule has 6 heteroatoms. The fourth-order valence-electron chi connectivity index (χ4n) is 3.05. The van der Waals surface area contributed by atoms with Crippen molar-refractivity contribution < 1.29 is 24.0 Å². The van der Waals surface area contributed by atoms with Gasteiger partial charge in [-0.1, -0.05) is 45.7 Å². The Balaban J connectivity index is 2.13. The summed E-state index contributed by atoms with van der Waals surface area (Å²) in [5.74, 6) is 0.107. The van der Waals surface area contributed by atoms with E-state index in [1.165, 1.54) is 0 Å². The van der Waals surface area contributed by atoms with E-state index >= 15 is 0 Å². The van der Waals surface area contributed by atoms with E-state index in [0.717, 1.165) is 18.4 Å². The van der Waals surface area contributed by atoms with Gasteiger partial charge in [-0.2, -0.15) is 0 Å². The fraction of sp³-hybridized carbons (Fsp3) is 0.579. The highest BCUT2D eigenvalue weighted by atomic mass is 16.5. The van der Waals surface area contributed by atoms with Crippen molar-refractivity contribution in [1.82, 2.24) is 0 Å². The molecule has 1 aromatic carbocycles. The Morgan fingerprint density at radius 3 is 2.68 bits per heavy atom. The molecule has 1 atom stereocenters. The minimum atomic E-state index is -1.09. The van der Waals surface area contributed by atoms with Gasteiger partial charge < -0.3 is 14.4 Å². The molecule has 0 aliphatic carbocycles. The number of hydrogen-bond acceptors (Lipinski definition) is 5. The zero-order valence-electron chi connectivity index (χ0n) is 15.3. The summed E-state index contributed by atoms with van der Waals surface area (Å²) in [6.45, 7) is 6.33. The molecule has 5 nitrogen and oxygen atoms in total. The molecule has 25 heavy (non-hydrogen) atoms. The molecular weight excluding hydrogens is 319 g/mol. The maximum absolute atomic E-state index is 12.4. The standard InChI is InChI=1S/C19H27BO5/c1-4-13(5-2)12-24-19(22)17-9-7-8-14-10-15(11-16(21)6-3)20(23)25-18(14)17/h7-9,13,15,23H,4-6,10-12H2,1-3H3/t15-/m1/s1. The summed E-state index contributed by atoms with van der Waals surface area (Å²) in [7, 11) is -1.09. The summed E-state index contributed by atoms with van der Waals surface area (Å²) >= 11 is 0. The molecule has 0 bridgehead atoms. The van der Waals surface area contributed by atoms with Crippen LogP contribution in [0.2, 0.25) is 5.82 Å². The van der Waals surface area contributed by atoms with Gasteiger partial charge in [0, 0.05) is 18.7 Å². The molecule has 0 saturated heterocycles. The van der Waals surface area contributed by atoms with Crippen molar-refractivity contribution in [2.45, 2.75) is 58.7 Å². The van der Waals surface area contributed by atoms with E-state index in [1.807, 2.05) is 6.07 Å². The minimum absolute atomic E-state index is 0.0943. The maximum atomic E-state index is 12.4. The smallest absolute Gasteiger partial charge is 0.526 e. The lowest BCUT2D eigenvalue weighted by Gasteiger charge is -2.28. The summed E-state index contributed by atoms with van der Waals surface area (Å²) in [5.41, 5.74) is 1.17. The highest BCUT2D eigenvalue weighted by Crippen LogP contribution is 2.36. The molecule has 0 saturated carbocycles. The van der Waals surface area contributed by atoms with E-state index in [4.69, 9.17) is 9.39 Å². The van der Waals surface area contributed by atoms with Crippen LogP contribution in [0.4, 0.5) is 0 Å². The van der Waals surface area contributed by atoms with Gasteiger partial charge >= 0.3 is 13.1 Å². The average Bonchev–Trinajstić information content (AvgIpc) is 2.62. The monoisotopic (exact) mass is 346 g/mol. The molecule has 1 aliphatic heterocycles. The Morgan fingerprint density at radius 1 is 1.32 bits per heavy atom. The number of hydrogen-bond donors (Lipinski definition) is 1. The number of rotatable bonds is 8. The van der Waals surface area contributed by atoms with Crippen molar-refractivity contribution in [3.8, 4) is 5.75 Å². The Labute approximate surface area is 149 Å². The van der Waals surface area contributed by atoms with Gasteiger partial charge in [-0.3, -0.25) is 4.79 Å². The lowest BCUT2D eigenvalue weighted by Crippen LogP contribution is -2.35. The van der Waals surface area contributed by atoms with E-state index in [1.54, 1.807) is 19.1 Å². The Bertz CT molecular complexity index is 612. The predicted octanol–water partition coefficient (Wildman–Crippen LogP) is 3.43. The van der Waals surface area contributed by atoms with E-state index < -0.39 is 13.1 Å². The van der Waals surface area contributed by atoms with Gasteiger partial charge in [0.1, 0.15) is 17.1 Å². The number of fused-ring (bicyclic) bond motifs is 1. The van der Waals surface area contributed by atoms with E-state index in [9.17, 15) is 14.6 Å². The number of ketones is 1. The molecule has 0 unspecified atom stereocenters. The van der Waals surface area contributed by atoms with Gasteiger partial charge in [-0.05, 0) is 24.0 Å². The maximum Gasteiger partial charge on any atom is 0.526 e. The third kappa shape index (κ3) is 4.85. The molecule has 1 N–H and O–H groups in total. The third-order valence-electron chi connectivity index (χ3n) is 4.93. The highest BCUT2D eigenvalue weighted by Gasteiger charge is 2.37. The fourth-order valence-corrected chi connectivity index (χ4v) is 3.05. The number of carbonyl (C=O) groups is 2. The zero-order chi connectivity index (χ0) is 18.4. The Kier molecular flexibility index (Phi) is 7.06. The van der Waals surface area contributed by atoms with Crippen molar-refractivity contribution in [3.05, 3.63) is 29.3 Å². The summed E-state index contributed by atoms with van der Waals surface area (Å²) in [4.78, 5) is 24.1. The van der Waals surface area contributed by atoms with Crippen LogP contribution in [-0.4, -0.2) is 30.5 Å². The molecule has 0 fully saturated rings. The Hall–Kier alpha value is -1.82. The molecule has 1 heterocycles. The molecule has 2 rings (SSSR count). The zero-order valence-corrected chi connectivity index (χ0v) is 15.3. The molecular formula is C19H27BO5. The third-order valence-corrected chi connectivity index (χ3v) is 4.93. The second-order valence-electron chi connectivity index (χ2n) is 6.64. The van der Waals surface area contributed by atoms with Crippen LogP contribution in [0.1, 0.15) is 62.4 Å². The first kappa shape index (κ1) is 19.5. The first-order chi connectivity index (χ1) is 12.0. The first-order valence-electron chi connectivity index (χ1n) is 9.15. The second kappa shape index (κ2) is 9.04. The summed E-state index contributed by atoms with van der Waals surface area (Å²) in [5, 5.41) is 10.2. The van der Waals surface area contributed by atoms with E-state index in [0.29, 0.717) is 36.7 Å². The molecule has 0 radical (unpaired) electrons. The molecule has 136 valence electrons. The Morgan fingerprint density at radius 2 is 2.04 bits per heavy atom. The highest BCUT2D eigenvalue weighted by molar-refractivity contribution is 6.47. The van der Waals surface area contributed by atoms with Gasteiger partial charge in [-0.25, -0.2) is 4.79 Å². The van der Waals surface area contributed by atoms with Crippen LogP contribution in [0.5, 0.6) is 5.75 Å². The van der Waals surface area contributed by atoms with Gasteiger partial charge in [0.25, 0.3) is 0 Å². The van der Waals surface area contributed by atoms with Crippen LogP contribution in [0.3, 0.4) is 0 Å². The van der Waals surface area contributed by atoms with Crippen molar-refractivity contribution in [2.24, 2.45) is 5.92 Å². The quantitative estimate of drug-likeness (QED) is 0.577. The summed E-state index contributed by atoms with van der Waals surface area (Å²) < 4.78 is 11.0. The van der Waals surface area contributed by atoms with Crippen LogP contribution >= 0.6 is 0 Å². The van der Waals surface area contributed by atoms with Gasteiger partial charge in [0.05, 0.1) is 6.61 Å². The van der Waals surface area contributed by atoms with Gasteiger partial charge in [0.15, 0.2) is 0 Å². The SMILES string of the molecule is CCC(=O)C[C@H]1Cc2cccc(C(=O)OCC(CC)CC)c2OB1O. The number of esters is 1. The summed E-state index contributed by atoms with van der Waals surface area (Å²) in [6.07, 6.45) is 3.15. The molecule has 0 aromatic heterocycles. The molecule has 0 spiro atoms. The van der Waals surface area contributed by atoms with Crippen LogP contribution < -0.4 is 4.65 Å². The molecule has 0 amide bonds. The topological polar surface area (TPSA) is 72.8 Å². The van der Waals surface area contributed by atoms with Crippen LogP contribution in [0.25, 0.3) is 0 Å². The molecule has 1 aliphatic rings. The second-order valence-corrected chi connectivity index (χ2v) is 6.64. The van der Waals surface area contributed by atoms with Crippen molar-refractivity contribution in [1.29, 1.82) is 0 Å². The largest absolute Gasteiger partial charge is 0.535 e. The van der Waals surface area contributed by atoms with Crippen LogP contribution in [0, 0.1) is 5.92 Å². The van der Waals surface area contributed by atoms with Crippen molar-refractivity contribution in [2.75, 3.05) is 6.61 Å². The van der Waals surface area contributed by atoms with Crippen molar-refractivity contribution in [3.63, 3.8) is 0 Å². The number of Topliss-reactive ketones (excluding diaryl/α,β-unsaturated/α-hetero) is 1. The summed E-state index contributed by atoms with van der Waals surface area (Å²) in [6, 6.07) is 5.30. The van der Waals surface area contributed by atoms with E-state index in [-0.39, 0.29) is 18.0 Å². The number of benzene rings is 1. The predicted molar refractivity (Wildman–Crippen MR) is 96.8 cm³/mol. The van der Waals surface area contributed by atoms with Crippen molar-refractivity contribution >= 4 is 18.9 Å². The lowest BCUT2D eigenvalue weighted by molar-refractivity contribution is -0.118.